The van der Waals surface area contributed by atoms with Gasteiger partial charge < -0.3 is 10.1 Å². The number of nitrogens with zero attached hydrogens (tertiary/aromatic N) is 1. The van der Waals surface area contributed by atoms with Gasteiger partial charge in [-0.25, -0.2) is 0 Å². The highest BCUT2D eigenvalue weighted by molar-refractivity contribution is 5.30. The molecular weight excluding hydrogens is 248 g/mol. The van der Waals surface area contributed by atoms with Crippen LogP contribution in [0.4, 0.5) is 0 Å². The van der Waals surface area contributed by atoms with Crippen molar-refractivity contribution in [2.24, 2.45) is 0 Å². The molecule has 3 unspecified atom stereocenters. The van der Waals surface area contributed by atoms with Crippen LogP contribution in [-0.2, 0) is 4.74 Å². The molecule has 3 heteroatoms. The molecule has 2 aromatic rings. The summed E-state index contributed by atoms with van der Waals surface area (Å²) in [6.45, 7) is 2.98. The minimum atomic E-state index is 0.188. The van der Waals surface area contributed by atoms with Crippen molar-refractivity contribution < 1.29 is 4.74 Å². The van der Waals surface area contributed by atoms with Crippen molar-refractivity contribution in [2.75, 3.05) is 6.61 Å². The van der Waals surface area contributed by atoms with Gasteiger partial charge in [0.25, 0.3) is 0 Å². The van der Waals surface area contributed by atoms with Crippen molar-refractivity contribution in [3.05, 3.63) is 66.0 Å². The molecule has 0 radical (unpaired) electrons. The van der Waals surface area contributed by atoms with Crippen molar-refractivity contribution in [3.8, 4) is 0 Å². The average Bonchev–Trinajstić information content (AvgIpc) is 2.92. The number of benzene rings is 1. The number of hydrogen-bond acceptors (Lipinski definition) is 3. The second kappa shape index (κ2) is 6.16. The van der Waals surface area contributed by atoms with Gasteiger partial charge in [0.15, 0.2) is 0 Å². The minimum Gasteiger partial charge on any atom is -0.377 e. The Morgan fingerprint density at radius 2 is 1.80 bits per heavy atom. The fourth-order valence-corrected chi connectivity index (χ4v) is 2.75. The Balaban J connectivity index is 1.88. The molecule has 0 aliphatic carbocycles. The Morgan fingerprint density at radius 3 is 2.45 bits per heavy atom. The highest BCUT2D eigenvalue weighted by Crippen LogP contribution is 2.25. The Bertz CT molecular complexity index is 490. The summed E-state index contributed by atoms with van der Waals surface area (Å²) in [4.78, 5) is 4.12. The van der Waals surface area contributed by atoms with Crippen LogP contribution < -0.4 is 5.32 Å². The van der Waals surface area contributed by atoms with Crippen molar-refractivity contribution in [2.45, 2.75) is 31.5 Å². The van der Waals surface area contributed by atoms with E-state index in [0.717, 1.165) is 13.0 Å². The molecule has 0 amide bonds. The summed E-state index contributed by atoms with van der Waals surface area (Å²) in [6.07, 6.45) is 5.03. The first kappa shape index (κ1) is 13.3. The lowest BCUT2D eigenvalue weighted by molar-refractivity contribution is 0.112. The maximum atomic E-state index is 5.66. The fourth-order valence-electron chi connectivity index (χ4n) is 2.75. The first-order valence-corrected chi connectivity index (χ1v) is 7.17. The van der Waals surface area contributed by atoms with Gasteiger partial charge in [0.05, 0.1) is 12.1 Å². The van der Waals surface area contributed by atoms with Crippen LogP contribution in [0.2, 0.25) is 0 Å². The summed E-state index contributed by atoms with van der Waals surface area (Å²) in [5.74, 6) is 0. The van der Waals surface area contributed by atoms with Gasteiger partial charge in [0.2, 0.25) is 0 Å². The third-order valence-electron chi connectivity index (χ3n) is 3.93. The first-order chi connectivity index (χ1) is 9.84. The molecule has 0 bridgehead atoms. The summed E-state index contributed by atoms with van der Waals surface area (Å²) < 4.78 is 5.66. The Morgan fingerprint density at radius 1 is 1.10 bits per heavy atom. The molecular formula is C17H20N2O. The van der Waals surface area contributed by atoms with Crippen LogP contribution in [0.25, 0.3) is 0 Å². The molecule has 3 nitrogen and oxygen atoms in total. The molecule has 1 aromatic heterocycles. The molecule has 0 saturated carbocycles. The second-order valence-electron chi connectivity index (χ2n) is 5.26. The number of nitrogens with one attached hydrogen (secondary N) is 1. The van der Waals surface area contributed by atoms with Gasteiger partial charge in [-0.15, -0.1) is 0 Å². The molecule has 1 saturated heterocycles. The Hall–Kier alpha value is -1.71. The number of hydrogen-bond donors (Lipinski definition) is 1. The average molecular weight is 268 g/mol. The van der Waals surface area contributed by atoms with Crippen molar-refractivity contribution in [3.63, 3.8) is 0 Å². The van der Waals surface area contributed by atoms with E-state index in [1.807, 2.05) is 12.4 Å². The zero-order valence-electron chi connectivity index (χ0n) is 11.7. The van der Waals surface area contributed by atoms with E-state index in [4.69, 9.17) is 4.74 Å². The van der Waals surface area contributed by atoms with Gasteiger partial charge in [-0.2, -0.15) is 0 Å². The smallest absolute Gasteiger partial charge is 0.0701 e. The Kier molecular flexibility index (Phi) is 4.09. The summed E-state index contributed by atoms with van der Waals surface area (Å²) in [5, 5.41) is 3.75. The van der Waals surface area contributed by atoms with Gasteiger partial charge >= 0.3 is 0 Å². The topological polar surface area (TPSA) is 34.1 Å². The summed E-state index contributed by atoms with van der Waals surface area (Å²) in [6, 6.07) is 15.3. The van der Waals surface area contributed by atoms with E-state index in [0.29, 0.717) is 6.04 Å². The monoisotopic (exact) mass is 268 g/mol. The molecule has 1 N–H and O–H groups in total. The van der Waals surface area contributed by atoms with E-state index >= 15 is 0 Å². The van der Waals surface area contributed by atoms with Gasteiger partial charge in [-0.1, -0.05) is 30.3 Å². The van der Waals surface area contributed by atoms with Crippen molar-refractivity contribution in [1.29, 1.82) is 0 Å². The fraction of sp³-hybridized carbons (Fsp3) is 0.353. The zero-order chi connectivity index (χ0) is 13.8. The van der Waals surface area contributed by atoms with E-state index in [1.165, 1.54) is 11.1 Å². The Labute approximate surface area is 120 Å². The predicted octanol–water partition coefficient (Wildman–Crippen LogP) is 2.94. The third-order valence-corrected chi connectivity index (χ3v) is 3.93. The summed E-state index contributed by atoms with van der Waals surface area (Å²) in [7, 11) is 0. The van der Waals surface area contributed by atoms with Crippen LogP contribution >= 0.6 is 0 Å². The standard InChI is InChI=1S/C17H20N2O/c1-13-16(9-12-20-13)19-17(14-5-3-2-4-6-14)15-7-10-18-11-8-15/h2-8,10-11,13,16-17,19H,9,12H2,1H3. The largest absolute Gasteiger partial charge is 0.377 e. The summed E-state index contributed by atoms with van der Waals surface area (Å²) >= 11 is 0. The van der Waals surface area contributed by atoms with E-state index in [2.05, 4.69) is 59.7 Å². The zero-order valence-corrected chi connectivity index (χ0v) is 11.7. The van der Waals surface area contributed by atoms with Crippen LogP contribution in [0.5, 0.6) is 0 Å². The molecule has 3 rings (SSSR count). The lowest BCUT2D eigenvalue weighted by atomic mass is 9.97. The van der Waals surface area contributed by atoms with Crippen LogP contribution in [0.15, 0.2) is 54.9 Å². The molecule has 3 atom stereocenters. The van der Waals surface area contributed by atoms with Gasteiger partial charge in [-0.05, 0) is 36.6 Å². The second-order valence-corrected chi connectivity index (χ2v) is 5.26. The minimum absolute atomic E-state index is 0.188. The molecule has 1 aromatic carbocycles. The number of aromatic nitrogens is 1. The highest BCUT2D eigenvalue weighted by atomic mass is 16.5. The molecule has 1 fully saturated rings. The van der Waals surface area contributed by atoms with Crippen LogP contribution in [-0.4, -0.2) is 23.7 Å². The molecule has 20 heavy (non-hydrogen) atoms. The van der Waals surface area contributed by atoms with E-state index in [-0.39, 0.29) is 12.1 Å². The summed E-state index contributed by atoms with van der Waals surface area (Å²) in [5.41, 5.74) is 2.52. The predicted molar refractivity (Wildman–Crippen MR) is 79.5 cm³/mol. The molecule has 1 aliphatic rings. The molecule has 1 aliphatic heterocycles. The highest BCUT2D eigenvalue weighted by Gasteiger charge is 2.27. The van der Waals surface area contributed by atoms with Gasteiger partial charge in [0.1, 0.15) is 0 Å². The lowest BCUT2D eigenvalue weighted by Gasteiger charge is -2.25. The van der Waals surface area contributed by atoms with Crippen molar-refractivity contribution in [1.82, 2.24) is 10.3 Å². The number of pyridine rings is 1. The van der Waals surface area contributed by atoms with Gasteiger partial charge in [0, 0.05) is 25.0 Å². The molecule has 0 spiro atoms. The van der Waals surface area contributed by atoms with Crippen LogP contribution in [0.1, 0.15) is 30.5 Å². The number of rotatable bonds is 4. The van der Waals surface area contributed by atoms with Crippen LogP contribution in [0.3, 0.4) is 0 Å². The van der Waals surface area contributed by atoms with Crippen molar-refractivity contribution >= 4 is 0 Å². The van der Waals surface area contributed by atoms with E-state index in [9.17, 15) is 0 Å². The number of ether oxygens (including phenoxy) is 1. The molecule has 2 heterocycles. The van der Waals surface area contributed by atoms with Gasteiger partial charge in [-0.3, -0.25) is 4.98 Å². The van der Waals surface area contributed by atoms with E-state index < -0.39 is 0 Å². The maximum Gasteiger partial charge on any atom is 0.0701 e. The SMILES string of the molecule is CC1OCCC1NC(c1ccccc1)c1ccncc1. The quantitative estimate of drug-likeness (QED) is 0.925. The normalized spacial score (nSPS) is 23.6. The first-order valence-electron chi connectivity index (χ1n) is 7.17. The van der Waals surface area contributed by atoms with Crippen LogP contribution in [0, 0.1) is 0 Å². The maximum absolute atomic E-state index is 5.66. The lowest BCUT2D eigenvalue weighted by Crippen LogP contribution is -2.38. The van der Waals surface area contributed by atoms with E-state index in [1.54, 1.807) is 0 Å². The third kappa shape index (κ3) is 2.89. The molecule has 104 valence electrons.